The Bertz CT molecular complexity index is 441. The minimum absolute atomic E-state index is 0. The van der Waals surface area contributed by atoms with Gasteiger partial charge in [0.1, 0.15) is 0 Å². The van der Waals surface area contributed by atoms with E-state index in [0.717, 1.165) is 12.8 Å². The molecule has 0 rings (SSSR count). The predicted molar refractivity (Wildman–Crippen MR) is 108 cm³/mol. The monoisotopic (exact) mass is 413 g/mol. The first-order valence-electron chi connectivity index (χ1n) is 10.6. The smallest absolute Gasteiger partial charge is 0.862 e. The second-order valence-corrected chi connectivity index (χ2v) is 8.83. The summed E-state index contributed by atoms with van der Waals surface area (Å²) in [6, 6.07) is 0. The topological polar surface area (TPSA) is 89.8 Å². The molecule has 0 aliphatic carbocycles. The van der Waals surface area contributed by atoms with Gasteiger partial charge in [0.2, 0.25) is 0 Å². The molecule has 0 aromatic heterocycles. The van der Waals surface area contributed by atoms with Crippen LogP contribution in [-0.2, 0) is 10.1 Å². The van der Waals surface area contributed by atoms with Crippen molar-refractivity contribution in [3.05, 3.63) is 0 Å². The molecule has 0 amide bonds. The number of hydrogen-bond donors (Lipinski definition) is 1. The average Bonchev–Trinajstić information content (AvgIpc) is 2.57. The van der Waals surface area contributed by atoms with E-state index >= 15 is 0 Å². The van der Waals surface area contributed by atoms with Crippen LogP contribution in [0.4, 0.5) is 0 Å². The van der Waals surface area contributed by atoms with Gasteiger partial charge in [-0.2, -0.15) is 8.42 Å². The van der Waals surface area contributed by atoms with Crippen LogP contribution in [0.5, 0.6) is 0 Å². The molecule has 0 aromatic carbocycles. The molecule has 27 heavy (non-hydrogen) atoms. The molecule has 0 atom stereocenters. The van der Waals surface area contributed by atoms with Gasteiger partial charge in [0, 0.05) is 6.54 Å². The molecule has 0 radical (unpaired) electrons. The van der Waals surface area contributed by atoms with Crippen LogP contribution in [0, 0.1) is 0 Å². The summed E-state index contributed by atoms with van der Waals surface area (Å²) in [5.41, 5.74) is 0. The minimum atomic E-state index is -3.89. The normalized spacial score (nSPS) is 12.1. The largest absolute Gasteiger partial charge is 1.00 e. The Morgan fingerprint density at radius 2 is 1.22 bits per heavy atom. The molecule has 1 N–H and O–H groups in total. The zero-order valence-corrected chi connectivity index (χ0v) is 20.6. The average molecular weight is 414 g/mol. The number of rotatable bonds is 19. The summed E-state index contributed by atoms with van der Waals surface area (Å²) in [5.74, 6) is -0.338. The van der Waals surface area contributed by atoms with E-state index in [-0.39, 0.29) is 41.2 Å². The van der Waals surface area contributed by atoms with Gasteiger partial charge in [-0.05, 0) is 31.6 Å². The number of unbranched alkanes of at least 4 members (excludes halogenated alkanes) is 13. The van der Waals surface area contributed by atoms with Crippen molar-refractivity contribution in [2.45, 2.75) is 110 Å². The molecule has 7 heteroatoms. The molecule has 0 saturated carbocycles. The Morgan fingerprint density at radius 1 is 0.778 bits per heavy atom. The van der Waals surface area contributed by atoms with Crippen molar-refractivity contribution in [1.29, 1.82) is 0 Å². The van der Waals surface area contributed by atoms with E-state index in [2.05, 4.69) is 11.9 Å². The maximum atomic E-state index is 11.6. The zero-order valence-electron chi connectivity index (χ0n) is 17.8. The van der Waals surface area contributed by atoms with Crippen LogP contribution in [0.3, 0.4) is 0 Å². The molecule has 0 aliphatic rings. The second kappa shape index (κ2) is 21.1. The third-order valence-corrected chi connectivity index (χ3v) is 5.40. The van der Waals surface area contributed by atoms with Crippen molar-refractivity contribution in [2.24, 2.45) is 4.99 Å². The summed E-state index contributed by atoms with van der Waals surface area (Å²) >= 11 is 0. The van der Waals surface area contributed by atoms with Crippen LogP contribution in [-0.4, -0.2) is 31.2 Å². The van der Waals surface area contributed by atoms with Gasteiger partial charge in [0.15, 0.2) is 0 Å². The number of hydrogen-bond acceptors (Lipinski definition) is 4. The van der Waals surface area contributed by atoms with E-state index in [4.69, 9.17) is 4.55 Å². The quantitative estimate of drug-likeness (QED) is 0.115. The van der Waals surface area contributed by atoms with E-state index in [1.54, 1.807) is 0 Å². The van der Waals surface area contributed by atoms with Crippen LogP contribution >= 0.6 is 0 Å². The maximum Gasteiger partial charge on any atom is 1.00 e. The third kappa shape index (κ3) is 26.4. The fraction of sp³-hybridized carbons (Fsp3) is 0.950. The van der Waals surface area contributed by atoms with Gasteiger partial charge in [-0.15, -0.1) is 0 Å². The Morgan fingerprint density at radius 3 is 1.67 bits per heavy atom. The molecule has 0 aliphatic heterocycles. The molecule has 0 fully saturated rings. The summed E-state index contributed by atoms with van der Waals surface area (Å²) in [6.07, 6.45) is 18.1. The first-order chi connectivity index (χ1) is 12.5. The van der Waals surface area contributed by atoms with Crippen molar-refractivity contribution in [3.63, 3.8) is 0 Å². The van der Waals surface area contributed by atoms with Gasteiger partial charge in [-0.25, -0.2) is 0 Å². The van der Waals surface area contributed by atoms with Gasteiger partial charge < -0.3 is 10.1 Å². The van der Waals surface area contributed by atoms with Crippen LogP contribution in [0.25, 0.3) is 0 Å². The van der Waals surface area contributed by atoms with Gasteiger partial charge in [-0.3, -0.25) is 4.55 Å². The van der Waals surface area contributed by atoms with E-state index in [0.29, 0.717) is 25.8 Å². The molecule has 0 aromatic rings. The summed E-state index contributed by atoms with van der Waals surface area (Å²) in [7, 11) is -3.89. The van der Waals surface area contributed by atoms with Crippen molar-refractivity contribution in [3.8, 4) is 0 Å². The summed E-state index contributed by atoms with van der Waals surface area (Å²) in [6.45, 7) is 2.61. The molecule has 0 saturated heterocycles. The van der Waals surface area contributed by atoms with E-state index in [9.17, 15) is 13.5 Å². The molecular formula is C20H40NNaO4S. The minimum Gasteiger partial charge on any atom is -0.862 e. The molecule has 0 bridgehead atoms. The molecule has 156 valence electrons. The van der Waals surface area contributed by atoms with Gasteiger partial charge >= 0.3 is 29.6 Å². The van der Waals surface area contributed by atoms with Crippen LogP contribution in [0.1, 0.15) is 110 Å². The Hall–Kier alpha value is 0.380. The van der Waals surface area contributed by atoms with Crippen molar-refractivity contribution >= 4 is 16.0 Å². The second-order valence-electron chi connectivity index (χ2n) is 7.26. The van der Waals surface area contributed by atoms with E-state index in [1.807, 2.05) is 0 Å². The van der Waals surface area contributed by atoms with Crippen LogP contribution in [0.2, 0.25) is 0 Å². The van der Waals surface area contributed by atoms with Gasteiger partial charge in [0.05, 0.1) is 5.75 Å². The van der Waals surface area contributed by atoms with Crippen LogP contribution in [0.15, 0.2) is 4.99 Å². The van der Waals surface area contributed by atoms with E-state index < -0.39 is 10.1 Å². The molecule has 0 unspecified atom stereocenters. The van der Waals surface area contributed by atoms with Gasteiger partial charge in [0.25, 0.3) is 10.1 Å². The molecule has 0 spiro atoms. The Balaban J connectivity index is 0. The summed E-state index contributed by atoms with van der Waals surface area (Å²) < 4.78 is 29.7. The van der Waals surface area contributed by atoms with E-state index in [1.165, 1.54) is 70.6 Å². The van der Waals surface area contributed by atoms with Crippen molar-refractivity contribution < 1.29 is 47.6 Å². The number of aliphatic imine (C=N–C) groups is 1. The van der Waals surface area contributed by atoms with Crippen LogP contribution < -0.4 is 34.7 Å². The molecular weight excluding hydrogens is 373 g/mol. The SMILES string of the molecule is CCCCCCCCCCCCCCCC([O-])=NCCCCS(=O)(=O)O.[Na+]. The Kier molecular flexibility index (Phi) is 23.1. The maximum absolute atomic E-state index is 11.6. The fourth-order valence-electron chi connectivity index (χ4n) is 2.97. The first-order valence-corrected chi connectivity index (χ1v) is 12.2. The standard InChI is InChI=1S/C20H41NO4S.Na/c1-2-3-4-5-6-7-8-9-10-11-12-13-14-17-20(22)21-18-15-16-19-26(23,24)25;/h2-19H2,1H3,(H,21,22)(H,23,24,25);/q;+1/p-1. The summed E-state index contributed by atoms with van der Waals surface area (Å²) in [5, 5.41) is 11.6. The predicted octanol–water partition coefficient (Wildman–Crippen LogP) is 1.90. The third-order valence-electron chi connectivity index (χ3n) is 4.59. The number of nitrogens with zero attached hydrogens (tertiary/aromatic N) is 1. The molecule has 5 nitrogen and oxygen atoms in total. The fourth-order valence-corrected chi connectivity index (χ4v) is 3.54. The first kappa shape index (κ1) is 29.6. The zero-order chi connectivity index (χ0) is 19.5. The van der Waals surface area contributed by atoms with Gasteiger partial charge in [-0.1, -0.05) is 84.0 Å². The van der Waals surface area contributed by atoms with Crippen molar-refractivity contribution in [2.75, 3.05) is 12.3 Å². The summed E-state index contributed by atoms with van der Waals surface area (Å²) in [4.78, 5) is 3.92. The Labute approximate surface area is 189 Å². The van der Waals surface area contributed by atoms with Crippen molar-refractivity contribution in [1.82, 2.24) is 0 Å². The molecule has 0 heterocycles.